The lowest BCUT2D eigenvalue weighted by Crippen LogP contribution is -2.22. The summed E-state index contributed by atoms with van der Waals surface area (Å²) in [7, 11) is 0. The highest BCUT2D eigenvalue weighted by atomic mass is 79.9. The monoisotopic (exact) mass is 534 g/mol. The number of aryl methyl sites for hydroxylation is 1. The number of nitrogens with zero attached hydrogens (tertiary/aromatic N) is 4. The van der Waals surface area contributed by atoms with Crippen LogP contribution in [0.3, 0.4) is 0 Å². The molecule has 0 aliphatic heterocycles. The molecule has 178 valence electrons. The molecule has 9 heteroatoms. The van der Waals surface area contributed by atoms with Gasteiger partial charge in [-0.05, 0) is 47.9 Å². The number of nitro groups is 1. The first-order valence-corrected chi connectivity index (χ1v) is 12.0. The van der Waals surface area contributed by atoms with Gasteiger partial charge in [-0.2, -0.15) is 9.78 Å². The zero-order valence-electron chi connectivity index (χ0n) is 19.1. The van der Waals surface area contributed by atoms with Crippen LogP contribution in [-0.4, -0.2) is 20.8 Å². The quantitative estimate of drug-likeness (QED) is 0.152. The fraction of sp³-hybridized carbons (Fsp3) is 0.192. The van der Waals surface area contributed by atoms with E-state index in [-0.39, 0.29) is 17.9 Å². The Bertz CT molecular complexity index is 1470. The van der Waals surface area contributed by atoms with Crippen LogP contribution in [0, 0.1) is 10.1 Å². The Hall–Kier alpha value is -3.85. The van der Waals surface area contributed by atoms with E-state index in [1.165, 1.54) is 16.8 Å². The van der Waals surface area contributed by atoms with Gasteiger partial charge < -0.3 is 4.74 Å². The standard InChI is InChI=1S/C26H23BrN4O4/c1-2-3-10-25-29-24-12-11-20(27)15-23(24)26(32)30(25)28-16-18-6-5-9-22(14-18)35-17-19-7-4-8-21(13-19)31(33)34/h4-9,11-16H,2-3,10,17H2,1H3. The highest BCUT2D eigenvalue weighted by molar-refractivity contribution is 9.10. The minimum absolute atomic E-state index is 0.0207. The number of hydrogen-bond acceptors (Lipinski definition) is 6. The maximum atomic E-state index is 13.2. The van der Waals surface area contributed by atoms with Gasteiger partial charge in [0, 0.05) is 23.0 Å². The topological polar surface area (TPSA) is 99.6 Å². The molecule has 4 rings (SSSR count). The van der Waals surface area contributed by atoms with E-state index < -0.39 is 4.92 Å². The Morgan fingerprint density at radius 3 is 2.77 bits per heavy atom. The van der Waals surface area contributed by atoms with Crippen molar-refractivity contribution in [2.45, 2.75) is 32.8 Å². The maximum absolute atomic E-state index is 13.2. The Kier molecular flexibility index (Phi) is 7.67. The van der Waals surface area contributed by atoms with Gasteiger partial charge in [0.05, 0.1) is 22.0 Å². The summed E-state index contributed by atoms with van der Waals surface area (Å²) in [5.74, 6) is 1.19. The summed E-state index contributed by atoms with van der Waals surface area (Å²) in [6, 6.07) is 19.0. The lowest BCUT2D eigenvalue weighted by Gasteiger charge is -2.09. The Morgan fingerprint density at radius 1 is 1.14 bits per heavy atom. The molecule has 0 saturated heterocycles. The number of unbranched alkanes of at least 4 members (excludes halogenated alkanes) is 1. The highest BCUT2D eigenvalue weighted by Gasteiger charge is 2.11. The molecule has 0 radical (unpaired) electrons. The molecule has 3 aromatic carbocycles. The summed E-state index contributed by atoms with van der Waals surface area (Å²) < 4.78 is 7.98. The van der Waals surface area contributed by atoms with Crippen molar-refractivity contribution in [3.05, 3.63) is 109 Å². The zero-order valence-corrected chi connectivity index (χ0v) is 20.6. The average Bonchev–Trinajstić information content (AvgIpc) is 2.86. The second kappa shape index (κ2) is 11.1. The molecule has 8 nitrogen and oxygen atoms in total. The zero-order chi connectivity index (χ0) is 24.8. The van der Waals surface area contributed by atoms with Crippen molar-refractivity contribution >= 4 is 38.7 Å². The van der Waals surface area contributed by atoms with Gasteiger partial charge >= 0.3 is 0 Å². The van der Waals surface area contributed by atoms with Crippen LogP contribution in [0.25, 0.3) is 10.9 Å². The molecule has 0 fully saturated rings. The van der Waals surface area contributed by atoms with E-state index in [0.29, 0.717) is 34.5 Å². The van der Waals surface area contributed by atoms with Crippen molar-refractivity contribution in [1.29, 1.82) is 0 Å². The lowest BCUT2D eigenvalue weighted by molar-refractivity contribution is -0.384. The molecule has 0 spiro atoms. The lowest BCUT2D eigenvalue weighted by atomic mass is 10.2. The normalized spacial score (nSPS) is 11.3. The minimum atomic E-state index is -0.433. The van der Waals surface area contributed by atoms with Gasteiger partial charge in [0.1, 0.15) is 18.2 Å². The van der Waals surface area contributed by atoms with Crippen LogP contribution >= 0.6 is 15.9 Å². The van der Waals surface area contributed by atoms with E-state index >= 15 is 0 Å². The van der Waals surface area contributed by atoms with Crippen LogP contribution in [-0.2, 0) is 13.0 Å². The molecule has 0 aliphatic rings. The van der Waals surface area contributed by atoms with Crippen molar-refractivity contribution in [2.24, 2.45) is 5.10 Å². The van der Waals surface area contributed by atoms with E-state index in [1.54, 1.807) is 36.5 Å². The molecule has 35 heavy (non-hydrogen) atoms. The summed E-state index contributed by atoms with van der Waals surface area (Å²) in [6.07, 6.45) is 4.11. The largest absolute Gasteiger partial charge is 0.489 e. The molecule has 1 aromatic heterocycles. The van der Waals surface area contributed by atoms with Crippen molar-refractivity contribution in [1.82, 2.24) is 9.66 Å². The molecule has 0 amide bonds. The van der Waals surface area contributed by atoms with E-state index in [0.717, 1.165) is 22.9 Å². The predicted molar refractivity (Wildman–Crippen MR) is 139 cm³/mol. The molecule has 0 saturated carbocycles. The van der Waals surface area contributed by atoms with Crippen LogP contribution in [0.15, 0.2) is 81.1 Å². The van der Waals surface area contributed by atoms with Crippen molar-refractivity contribution in [3.8, 4) is 5.75 Å². The number of ether oxygens (including phenoxy) is 1. The van der Waals surface area contributed by atoms with Crippen LogP contribution < -0.4 is 10.3 Å². The number of non-ortho nitro benzene ring substituents is 1. The van der Waals surface area contributed by atoms with Crippen LogP contribution in [0.2, 0.25) is 0 Å². The number of aromatic nitrogens is 2. The second-order valence-electron chi connectivity index (χ2n) is 7.94. The molecule has 1 heterocycles. The van der Waals surface area contributed by atoms with E-state index in [9.17, 15) is 14.9 Å². The van der Waals surface area contributed by atoms with Gasteiger partial charge in [0.25, 0.3) is 11.2 Å². The molecule has 0 N–H and O–H groups in total. The van der Waals surface area contributed by atoms with E-state index in [2.05, 4.69) is 32.9 Å². The summed E-state index contributed by atoms with van der Waals surface area (Å²) >= 11 is 3.42. The average molecular weight is 535 g/mol. The molecule has 0 atom stereocenters. The third kappa shape index (κ3) is 5.99. The maximum Gasteiger partial charge on any atom is 0.282 e. The first-order chi connectivity index (χ1) is 16.9. The molecule has 0 aliphatic carbocycles. The number of rotatable bonds is 9. The molecular formula is C26H23BrN4O4. The smallest absolute Gasteiger partial charge is 0.282 e. The molecule has 0 bridgehead atoms. The van der Waals surface area contributed by atoms with Crippen LogP contribution in [0.5, 0.6) is 5.75 Å². The molecule has 4 aromatic rings. The summed E-state index contributed by atoms with van der Waals surface area (Å²) in [6.45, 7) is 2.27. The van der Waals surface area contributed by atoms with Gasteiger partial charge in [0.2, 0.25) is 0 Å². The summed E-state index contributed by atoms with van der Waals surface area (Å²) in [4.78, 5) is 28.4. The Labute approximate surface area is 210 Å². The SMILES string of the molecule is CCCCc1nc2ccc(Br)cc2c(=O)n1N=Cc1cccc(OCc2cccc([N+](=O)[O-])c2)c1. The number of nitro benzene ring substituents is 1. The van der Waals surface area contributed by atoms with E-state index in [4.69, 9.17) is 4.74 Å². The van der Waals surface area contributed by atoms with Crippen LogP contribution in [0.1, 0.15) is 36.7 Å². The fourth-order valence-electron chi connectivity index (χ4n) is 3.55. The van der Waals surface area contributed by atoms with Gasteiger partial charge in [-0.15, -0.1) is 0 Å². The fourth-order valence-corrected chi connectivity index (χ4v) is 3.91. The van der Waals surface area contributed by atoms with Gasteiger partial charge in [-0.25, -0.2) is 4.98 Å². The third-order valence-electron chi connectivity index (χ3n) is 5.34. The highest BCUT2D eigenvalue weighted by Crippen LogP contribution is 2.19. The van der Waals surface area contributed by atoms with Crippen molar-refractivity contribution in [3.63, 3.8) is 0 Å². The Balaban J connectivity index is 1.59. The molecule has 0 unspecified atom stereocenters. The van der Waals surface area contributed by atoms with Crippen molar-refractivity contribution in [2.75, 3.05) is 0 Å². The second-order valence-corrected chi connectivity index (χ2v) is 8.86. The number of fused-ring (bicyclic) bond motifs is 1. The third-order valence-corrected chi connectivity index (χ3v) is 5.83. The van der Waals surface area contributed by atoms with Gasteiger partial charge in [-0.3, -0.25) is 14.9 Å². The first kappa shape index (κ1) is 24.3. The van der Waals surface area contributed by atoms with Gasteiger partial charge in [-0.1, -0.05) is 53.5 Å². The minimum Gasteiger partial charge on any atom is -0.489 e. The first-order valence-electron chi connectivity index (χ1n) is 11.2. The van der Waals surface area contributed by atoms with Crippen LogP contribution in [0.4, 0.5) is 5.69 Å². The van der Waals surface area contributed by atoms with Gasteiger partial charge in [0.15, 0.2) is 0 Å². The number of hydrogen-bond donors (Lipinski definition) is 0. The van der Waals surface area contributed by atoms with Crippen molar-refractivity contribution < 1.29 is 9.66 Å². The Morgan fingerprint density at radius 2 is 1.97 bits per heavy atom. The molecular weight excluding hydrogens is 512 g/mol. The number of benzene rings is 3. The number of halogens is 1. The van der Waals surface area contributed by atoms with E-state index in [1.807, 2.05) is 24.3 Å². The predicted octanol–water partition coefficient (Wildman–Crippen LogP) is 5.87. The summed E-state index contributed by atoms with van der Waals surface area (Å²) in [5, 5.41) is 15.9. The summed E-state index contributed by atoms with van der Waals surface area (Å²) in [5.41, 5.74) is 1.87.